The molecule has 0 aliphatic rings. The maximum absolute atomic E-state index is 12.3. The van der Waals surface area contributed by atoms with E-state index in [-0.39, 0.29) is 23.6 Å². The molecule has 0 spiro atoms. The number of anilines is 1. The van der Waals surface area contributed by atoms with Gasteiger partial charge in [0.05, 0.1) is 16.1 Å². The minimum atomic E-state index is -0.321. The predicted molar refractivity (Wildman–Crippen MR) is 87.6 cm³/mol. The number of amides is 2. The van der Waals surface area contributed by atoms with E-state index >= 15 is 0 Å². The Balaban J connectivity index is 2.07. The van der Waals surface area contributed by atoms with Gasteiger partial charge in [0.1, 0.15) is 0 Å². The lowest BCUT2D eigenvalue weighted by atomic mass is 10.1. The molecule has 2 amide bonds. The molecule has 0 aromatic carbocycles. The first-order valence-electron chi connectivity index (χ1n) is 7.31. The van der Waals surface area contributed by atoms with Crippen LogP contribution in [0.2, 0.25) is 0 Å². The summed E-state index contributed by atoms with van der Waals surface area (Å²) in [6.45, 7) is 5.95. The SMILES string of the molecule is CCC(CC)NC(=O)c1sc(NC(=O)c2ccco2)cc1C. The number of rotatable bonds is 6. The average molecular weight is 320 g/mol. The Labute approximate surface area is 133 Å². The molecule has 0 bridgehead atoms. The molecule has 0 fully saturated rings. The van der Waals surface area contributed by atoms with Gasteiger partial charge in [-0.25, -0.2) is 0 Å². The predicted octanol–water partition coefficient (Wildman–Crippen LogP) is 3.82. The number of furan rings is 1. The summed E-state index contributed by atoms with van der Waals surface area (Å²) < 4.78 is 5.05. The van der Waals surface area contributed by atoms with Crippen molar-refractivity contribution in [2.45, 2.75) is 39.7 Å². The van der Waals surface area contributed by atoms with Crippen LogP contribution in [0.3, 0.4) is 0 Å². The molecule has 2 heterocycles. The van der Waals surface area contributed by atoms with Crippen LogP contribution < -0.4 is 10.6 Å². The van der Waals surface area contributed by atoms with E-state index in [9.17, 15) is 9.59 Å². The minimum absolute atomic E-state index is 0.0882. The molecule has 0 aliphatic carbocycles. The maximum atomic E-state index is 12.3. The van der Waals surface area contributed by atoms with E-state index in [2.05, 4.69) is 10.6 Å². The van der Waals surface area contributed by atoms with Gasteiger partial charge in [0.25, 0.3) is 11.8 Å². The minimum Gasteiger partial charge on any atom is -0.459 e. The van der Waals surface area contributed by atoms with Gasteiger partial charge in [-0.3, -0.25) is 9.59 Å². The van der Waals surface area contributed by atoms with Gasteiger partial charge in [0.2, 0.25) is 0 Å². The molecule has 0 aliphatic heterocycles. The molecule has 0 atom stereocenters. The molecule has 2 rings (SSSR count). The highest BCUT2D eigenvalue weighted by Gasteiger charge is 2.18. The molecule has 6 heteroatoms. The summed E-state index contributed by atoms with van der Waals surface area (Å²) in [4.78, 5) is 24.9. The number of thiophene rings is 1. The number of nitrogens with one attached hydrogen (secondary N) is 2. The summed E-state index contributed by atoms with van der Waals surface area (Å²) in [5, 5.41) is 6.39. The molecule has 0 unspecified atom stereocenters. The summed E-state index contributed by atoms with van der Waals surface area (Å²) >= 11 is 1.27. The molecule has 2 N–H and O–H groups in total. The Kier molecular flexibility index (Phi) is 5.38. The van der Waals surface area contributed by atoms with Gasteiger partial charge in [-0.1, -0.05) is 13.8 Å². The molecule has 5 nitrogen and oxygen atoms in total. The van der Waals surface area contributed by atoms with E-state index in [0.29, 0.717) is 9.88 Å². The molecule has 0 saturated carbocycles. The second kappa shape index (κ2) is 7.26. The van der Waals surface area contributed by atoms with Crippen molar-refractivity contribution in [3.05, 3.63) is 40.7 Å². The molecular weight excluding hydrogens is 300 g/mol. The summed E-state index contributed by atoms with van der Waals surface area (Å²) in [5.41, 5.74) is 0.850. The summed E-state index contributed by atoms with van der Waals surface area (Å²) in [6, 6.07) is 5.22. The van der Waals surface area contributed by atoms with Gasteiger partial charge in [0.15, 0.2) is 5.76 Å². The normalized spacial score (nSPS) is 10.7. The Bertz CT molecular complexity index is 642. The van der Waals surface area contributed by atoms with Gasteiger partial charge in [0, 0.05) is 6.04 Å². The first kappa shape index (κ1) is 16.3. The summed E-state index contributed by atoms with van der Waals surface area (Å²) in [5.74, 6) is -0.165. The molecule has 118 valence electrons. The highest BCUT2D eigenvalue weighted by atomic mass is 32.1. The topological polar surface area (TPSA) is 71.3 Å². The second-order valence-corrected chi connectivity index (χ2v) is 6.09. The van der Waals surface area contributed by atoms with Crippen LogP contribution in [-0.4, -0.2) is 17.9 Å². The summed E-state index contributed by atoms with van der Waals surface area (Å²) in [7, 11) is 0. The molecule has 2 aromatic rings. The fraction of sp³-hybridized carbons (Fsp3) is 0.375. The van der Waals surface area contributed by atoms with Crippen LogP contribution in [0, 0.1) is 6.92 Å². The van der Waals surface area contributed by atoms with Crippen molar-refractivity contribution >= 4 is 28.2 Å². The van der Waals surface area contributed by atoms with Crippen LogP contribution in [0.15, 0.2) is 28.9 Å². The van der Waals surface area contributed by atoms with Crippen LogP contribution in [0.1, 0.15) is 52.5 Å². The number of hydrogen-bond donors (Lipinski definition) is 2. The van der Waals surface area contributed by atoms with Crippen molar-refractivity contribution in [2.75, 3.05) is 5.32 Å². The standard InChI is InChI=1S/C16H20N2O3S/c1-4-11(5-2)17-16(20)14-10(3)9-13(22-14)18-15(19)12-7-6-8-21-12/h6-9,11H,4-5H2,1-3H3,(H,17,20)(H,18,19). The summed E-state index contributed by atoms with van der Waals surface area (Å²) in [6.07, 6.45) is 3.24. The van der Waals surface area contributed by atoms with E-state index in [1.807, 2.05) is 20.8 Å². The van der Waals surface area contributed by atoms with Crippen LogP contribution >= 0.6 is 11.3 Å². The zero-order valence-electron chi connectivity index (χ0n) is 12.9. The Hall–Kier alpha value is -2.08. The zero-order valence-corrected chi connectivity index (χ0v) is 13.8. The van der Waals surface area contributed by atoms with E-state index in [1.165, 1.54) is 17.6 Å². The van der Waals surface area contributed by atoms with Crippen molar-refractivity contribution in [1.29, 1.82) is 0 Å². The Morgan fingerprint density at radius 3 is 2.59 bits per heavy atom. The number of carbonyl (C=O) groups is 2. The van der Waals surface area contributed by atoms with Crippen molar-refractivity contribution in [1.82, 2.24) is 5.32 Å². The van der Waals surface area contributed by atoms with E-state index < -0.39 is 0 Å². The highest BCUT2D eigenvalue weighted by molar-refractivity contribution is 7.18. The van der Waals surface area contributed by atoms with Gasteiger partial charge in [-0.2, -0.15) is 0 Å². The lowest BCUT2D eigenvalue weighted by Crippen LogP contribution is -2.33. The van der Waals surface area contributed by atoms with E-state index in [1.54, 1.807) is 18.2 Å². The van der Waals surface area contributed by atoms with E-state index in [4.69, 9.17) is 4.42 Å². The maximum Gasteiger partial charge on any atom is 0.291 e. The van der Waals surface area contributed by atoms with Crippen molar-refractivity contribution in [3.63, 3.8) is 0 Å². The third-order valence-corrected chi connectivity index (χ3v) is 4.58. The first-order chi connectivity index (χ1) is 10.5. The molecular formula is C16H20N2O3S. The van der Waals surface area contributed by atoms with Crippen LogP contribution in [0.25, 0.3) is 0 Å². The zero-order chi connectivity index (χ0) is 16.1. The quantitative estimate of drug-likeness (QED) is 0.850. The van der Waals surface area contributed by atoms with Gasteiger partial charge in [-0.05, 0) is 43.5 Å². The number of hydrogen-bond acceptors (Lipinski definition) is 4. The lowest BCUT2D eigenvalue weighted by Gasteiger charge is -2.14. The smallest absolute Gasteiger partial charge is 0.291 e. The van der Waals surface area contributed by atoms with Crippen LogP contribution in [0.5, 0.6) is 0 Å². The van der Waals surface area contributed by atoms with E-state index in [0.717, 1.165) is 18.4 Å². The third-order valence-electron chi connectivity index (χ3n) is 3.43. The number of aryl methyl sites for hydroxylation is 1. The average Bonchev–Trinajstić information content (AvgIpc) is 3.14. The molecule has 0 saturated heterocycles. The number of carbonyl (C=O) groups excluding carboxylic acids is 2. The van der Waals surface area contributed by atoms with Crippen molar-refractivity contribution < 1.29 is 14.0 Å². The van der Waals surface area contributed by atoms with Gasteiger partial charge < -0.3 is 15.1 Å². The fourth-order valence-electron chi connectivity index (χ4n) is 2.09. The van der Waals surface area contributed by atoms with Gasteiger partial charge >= 0.3 is 0 Å². The van der Waals surface area contributed by atoms with Crippen molar-refractivity contribution in [2.24, 2.45) is 0 Å². The Morgan fingerprint density at radius 2 is 2.00 bits per heavy atom. The monoisotopic (exact) mass is 320 g/mol. The molecule has 0 radical (unpaired) electrons. The molecule has 22 heavy (non-hydrogen) atoms. The first-order valence-corrected chi connectivity index (χ1v) is 8.12. The lowest BCUT2D eigenvalue weighted by molar-refractivity contribution is 0.0937. The van der Waals surface area contributed by atoms with Crippen molar-refractivity contribution in [3.8, 4) is 0 Å². The van der Waals surface area contributed by atoms with Crippen LogP contribution in [-0.2, 0) is 0 Å². The third kappa shape index (κ3) is 3.76. The van der Waals surface area contributed by atoms with Gasteiger partial charge in [-0.15, -0.1) is 11.3 Å². The second-order valence-electron chi connectivity index (χ2n) is 5.04. The van der Waals surface area contributed by atoms with Crippen LogP contribution in [0.4, 0.5) is 5.00 Å². The largest absolute Gasteiger partial charge is 0.459 e. The fourth-order valence-corrected chi connectivity index (χ4v) is 3.07. The highest BCUT2D eigenvalue weighted by Crippen LogP contribution is 2.27. The molecule has 2 aromatic heterocycles. The Morgan fingerprint density at radius 1 is 1.27 bits per heavy atom.